The number of nitrogens with zero attached hydrogens (tertiary/aromatic N) is 2. The van der Waals surface area contributed by atoms with Crippen molar-refractivity contribution in [3.8, 4) is 0 Å². The van der Waals surface area contributed by atoms with Crippen molar-refractivity contribution in [3.05, 3.63) is 18.0 Å². The first-order valence-corrected chi connectivity index (χ1v) is 5.89. The number of hydrogen-bond donors (Lipinski definition) is 1. The highest BCUT2D eigenvalue weighted by molar-refractivity contribution is 6.00. The normalized spacial score (nSPS) is 20.4. The summed E-state index contributed by atoms with van der Waals surface area (Å²) >= 11 is 0. The summed E-state index contributed by atoms with van der Waals surface area (Å²) < 4.78 is 1.53. The molecule has 88 valence electrons. The van der Waals surface area contributed by atoms with Crippen LogP contribution < -0.4 is 0 Å². The third-order valence-corrected chi connectivity index (χ3v) is 3.41. The van der Waals surface area contributed by atoms with E-state index >= 15 is 0 Å². The van der Waals surface area contributed by atoms with Gasteiger partial charge in [-0.15, -0.1) is 0 Å². The van der Waals surface area contributed by atoms with Crippen molar-refractivity contribution < 1.29 is 9.90 Å². The van der Waals surface area contributed by atoms with Crippen LogP contribution in [0.15, 0.2) is 12.3 Å². The SMILES string of the molecule is Cn1nccc1C(=O)C1(O)CCCCCC1. The Balaban J connectivity index is 2.22. The van der Waals surface area contributed by atoms with E-state index in [4.69, 9.17) is 0 Å². The van der Waals surface area contributed by atoms with Gasteiger partial charge in [0, 0.05) is 13.2 Å². The fourth-order valence-corrected chi connectivity index (χ4v) is 2.38. The van der Waals surface area contributed by atoms with Crippen LogP contribution >= 0.6 is 0 Å². The Morgan fingerprint density at radius 3 is 2.50 bits per heavy atom. The highest BCUT2D eigenvalue weighted by atomic mass is 16.3. The van der Waals surface area contributed by atoms with Gasteiger partial charge in [-0.3, -0.25) is 9.48 Å². The molecule has 1 aromatic rings. The van der Waals surface area contributed by atoms with Gasteiger partial charge in [0.05, 0.1) is 0 Å². The topological polar surface area (TPSA) is 55.1 Å². The largest absolute Gasteiger partial charge is 0.382 e. The van der Waals surface area contributed by atoms with Gasteiger partial charge in [-0.1, -0.05) is 25.7 Å². The molecule has 1 fully saturated rings. The van der Waals surface area contributed by atoms with E-state index in [1.807, 2.05) is 0 Å². The first kappa shape index (κ1) is 11.3. The minimum atomic E-state index is -1.16. The third-order valence-electron chi connectivity index (χ3n) is 3.41. The molecular formula is C12H18N2O2. The summed E-state index contributed by atoms with van der Waals surface area (Å²) in [5.74, 6) is -0.172. The highest BCUT2D eigenvalue weighted by Crippen LogP contribution is 2.29. The lowest BCUT2D eigenvalue weighted by Gasteiger charge is -2.24. The summed E-state index contributed by atoms with van der Waals surface area (Å²) in [5.41, 5.74) is -0.658. The van der Waals surface area contributed by atoms with Gasteiger partial charge in [-0.05, 0) is 18.9 Å². The Morgan fingerprint density at radius 1 is 1.38 bits per heavy atom. The highest BCUT2D eigenvalue weighted by Gasteiger charge is 2.37. The molecule has 0 bridgehead atoms. The first-order valence-electron chi connectivity index (χ1n) is 5.89. The minimum Gasteiger partial charge on any atom is -0.382 e. The second-order valence-corrected chi connectivity index (χ2v) is 4.61. The predicted octanol–water partition coefficient (Wildman–Crippen LogP) is 1.69. The Morgan fingerprint density at radius 2 is 2.00 bits per heavy atom. The molecule has 0 saturated heterocycles. The van der Waals surface area contributed by atoms with Crippen LogP contribution in [-0.4, -0.2) is 26.3 Å². The van der Waals surface area contributed by atoms with Crippen LogP contribution in [0.5, 0.6) is 0 Å². The van der Waals surface area contributed by atoms with Crippen LogP contribution in [0.4, 0.5) is 0 Å². The molecule has 0 aromatic carbocycles. The zero-order chi connectivity index (χ0) is 11.6. The van der Waals surface area contributed by atoms with Crippen molar-refractivity contribution >= 4 is 5.78 Å². The van der Waals surface area contributed by atoms with Crippen LogP contribution in [0.2, 0.25) is 0 Å². The van der Waals surface area contributed by atoms with Gasteiger partial charge in [-0.2, -0.15) is 5.10 Å². The number of carbonyl (C=O) groups is 1. The van der Waals surface area contributed by atoms with E-state index in [1.54, 1.807) is 19.3 Å². The number of hydrogen-bond acceptors (Lipinski definition) is 3. The zero-order valence-electron chi connectivity index (χ0n) is 9.65. The Labute approximate surface area is 95.3 Å². The van der Waals surface area contributed by atoms with Gasteiger partial charge in [0.25, 0.3) is 0 Å². The van der Waals surface area contributed by atoms with Crippen LogP contribution in [0.1, 0.15) is 49.0 Å². The maximum Gasteiger partial charge on any atom is 0.212 e. The van der Waals surface area contributed by atoms with Crippen molar-refractivity contribution in [1.29, 1.82) is 0 Å². The molecule has 0 atom stereocenters. The number of rotatable bonds is 2. The van der Waals surface area contributed by atoms with Crippen molar-refractivity contribution in [1.82, 2.24) is 9.78 Å². The van der Waals surface area contributed by atoms with E-state index in [0.717, 1.165) is 25.7 Å². The molecule has 1 heterocycles. The average Bonchev–Trinajstić information content (AvgIpc) is 2.55. The number of Topliss-reactive ketones (excluding diaryl/α,β-unsaturated/α-hetero) is 1. The van der Waals surface area contributed by atoms with Gasteiger partial charge in [0.15, 0.2) is 0 Å². The van der Waals surface area contributed by atoms with Crippen molar-refractivity contribution in [2.75, 3.05) is 0 Å². The zero-order valence-corrected chi connectivity index (χ0v) is 9.65. The lowest BCUT2D eigenvalue weighted by atomic mass is 9.88. The Hall–Kier alpha value is -1.16. The molecule has 16 heavy (non-hydrogen) atoms. The van der Waals surface area contributed by atoms with Gasteiger partial charge < -0.3 is 5.11 Å². The van der Waals surface area contributed by atoms with Crippen LogP contribution in [-0.2, 0) is 7.05 Å². The van der Waals surface area contributed by atoms with E-state index in [0.29, 0.717) is 18.5 Å². The van der Waals surface area contributed by atoms with E-state index < -0.39 is 5.60 Å². The van der Waals surface area contributed by atoms with Gasteiger partial charge in [0.1, 0.15) is 11.3 Å². The molecule has 1 aromatic heterocycles. The molecule has 0 aliphatic heterocycles. The molecule has 4 heteroatoms. The Kier molecular flexibility index (Phi) is 3.10. The van der Waals surface area contributed by atoms with Crippen LogP contribution in [0, 0.1) is 0 Å². The van der Waals surface area contributed by atoms with Crippen LogP contribution in [0.3, 0.4) is 0 Å². The van der Waals surface area contributed by atoms with E-state index in [9.17, 15) is 9.90 Å². The predicted molar refractivity (Wildman–Crippen MR) is 60.2 cm³/mol. The second-order valence-electron chi connectivity index (χ2n) is 4.61. The van der Waals surface area contributed by atoms with E-state index in [1.165, 1.54) is 4.68 Å². The van der Waals surface area contributed by atoms with Crippen molar-refractivity contribution in [2.45, 2.75) is 44.1 Å². The Bertz CT molecular complexity index is 376. The summed E-state index contributed by atoms with van der Waals surface area (Å²) in [4.78, 5) is 12.2. The molecular weight excluding hydrogens is 204 g/mol. The summed E-state index contributed by atoms with van der Waals surface area (Å²) in [6, 6.07) is 1.67. The molecule has 0 unspecified atom stereocenters. The van der Waals surface area contributed by atoms with E-state index in [2.05, 4.69) is 5.10 Å². The summed E-state index contributed by atoms with van der Waals surface area (Å²) in [7, 11) is 1.73. The molecule has 1 saturated carbocycles. The molecule has 4 nitrogen and oxygen atoms in total. The van der Waals surface area contributed by atoms with Crippen molar-refractivity contribution in [2.24, 2.45) is 7.05 Å². The number of carbonyl (C=O) groups excluding carboxylic acids is 1. The molecule has 0 spiro atoms. The summed E-state index contributed by atoms with van der Waals surface area (Å²) in [6.07, 6.45) is 6.84. The molecule has 1 aliphatic carbocycles. The lowest BCUT2D eigenvalue weighted by Crippen LogP contribution is -2.39. The number of ketones is 1. The summed E-state index contributed by atoms with van der Waals surface area (Å²) in [6.45, 7) is 0. The fraction of sp³-hybridized carbons (Fsp3) is 0.667. The summed E-state index contributed by atoms with van der Waals surface area (Å²) in [5, 5.41) is 14.4. The number of aliphatic hydroxyl groups is 1. The fourth-order valence-electron chi connectivity index (χ4n) is 2.38. The van der Waals surface area contributed by atoms with Crippen LogP contribution in [0.25, 0.3) is 0 Å². The standard InChI is InChI=1S/C12H18N2O2/c1-14-10(6-9-13-14)11(15)12(16)7-4-2-3-5-8-12/h6,9,16H,2-5,7-8H2,1H3. The quantitative estimate of drug-likeness (QED) is 0.612. The monoisotopic (exact) mass is 222 g/mol. The first-order chi connectivity index (χ1) is 7.63. The number of aromatic nitrogens is 2. The minimum absolute atomic E-state index is 0.172. The van der Waals surface area contributed by atoms with E-state index in [-0.39, 0.29) is 5.78 Å². The number of aryl methyl sites for hydroxylation is 1. The maximum atomic E-state index is 12.2. The molecule has 0 radical (unpaired) electrons. The van der Waals surface area contributed by atoms with Gasteiger partial charge in [-0.25, -0.2) is 0 Å². The molecule has 0 amide bonds. The smallest absolute Gasteiger partial charge is 0.212 e. The van der Waals surface area contributed by atoms with Crippen molar-refractivity contribution in [3.63, 3.8) is 0 Å². The maximum absolute atomic E-state index is 12.2. The molecule has 1 N–H and O–H groups in total. The molecule has 1 aliphatic rings. The average molecular weight is 222 g/mol. The van der Waals surface area contributed by atoms with Gasteiger partial charge >= 0.3 is 0 Å². The molecule has 2 rings (SSSR count). The third kappa shape index (κ3) is 2.02. The second kappa shape index (κ2) is 4.37. The lowest BCUT2D eigenvalue weighted by molar-refractivity contribution is 0.0229. The van der Waals surface area contributed by atoms with Gasteiger partial charge in [0.2, 0.25) is 5.78 Å².